The summed E-state index contributed by atoms with van der Waals surface area (Å²) >= 11 is 0. The quantitative estimate of drug-likeness (QED) is 0.662. The van der Waals surface area contributed by atoms with Crippen LogP contribution in [0.5, 0.6) is 0 Å². The van der Waals surface area contributed by atoms with E-state index in [-0.39, 0.29) is 0 Å². The van der Waals surface area contributed by atoms with E-state index in [9.17, 15) is 0 Å². The van der Waals surface area contributed by atoms with Gasteiger partial charge in [0.05, 0.1) is 0 Å². The van der Waals surface area contributed by atoms with E-state index in [4.69, 9.17) is 0 Å². The summed E-state index contributed by atoms with van der Waals surface area (Å²) < 4.78 is 2.10. The third-order valence-electron chi connectivity index (χ3n) is 5.29. The fourth-order valence-corrected chi connectivity index (χ4v) is 3.89. The molecule has 6 heteroatoms. The van der Waals surface area contributed by atoms with Crippen LogP contribution >= 0.6 is 0 Å². The molecule has 140 valence electrons. The maximum Gasteiger partial charge on any atom is 0.193 e. The van der Waals surface area contributed by atoms with Gasteiger partial charge in [0.25, 0.3) is 0 Å². The Balaban J connectivity index is 1.53. The number of aryl methyl sites for hydroxylation is 1. The van der Waals surface area contributed by atoms with Crippen LogP contribution in [0.1, 0.15) is 37.6 Å². The summed E-state index contributed by atoms with van der Waals surface area (Å²) in [5.41, 5.74) is 1.46. The van der Waals surface area contributed by atoms with Crippen molar-refractivity contribution in [3.8, 4) is 0 Å². The van der Waals surface area contributed by atoms with Gasteiger partial charge in [0.15, 0.2) is 5.96 Å². The zero-order valence-electron chi connectivity index (χ0n) is 16.1. The number of hydrogen-bond donors (Lipinski definition) is 1. The number of likely N-dealkylation sites (tertiary alicyclic amines) is 1. The molecule has 1 aromatic carbocycles. The summed E-state index contributed by atoms with van der Waals surface area (Å²) in [4.78, 5) is 6.88. The third-order valence-corrected chi connectivity index (χ3v) is 5.29. The Morgan fingerprint density at radius 2 is 2.12 bits per heavy atom. The molecule has 0 bridgehead atoms. The van der Waals surface area contributed by atoms with Crippen LogP contribution in [0.15, 0.2) is 41.7 Å². The van der Waals surface area contributed by atoms with Crippen LogP contribution in [-0.2, 0) is 13.0 Å². The molecule has 6 nitrogen and oxygen atoms in total. The minimum atomic E-state index is 0.606. The summed E-state index contributed by atoms with van der Waals surface area (Å²) in [5, 5.41) is 11.6. The summed E-state index contributed by atoms with van der Waals surface area (Å²) in [6, 6.07) is 10.9. The van der Waals surface area contributed by atoms with E-state index in [0.29, 0.717) is 11.8 Å². The first-order valence-electron chi connectivity index (χ1n) is 9.60. The SMILES string of the molecule is CCc1nncn1CCNC(=NC)N1CCC(c2ccccc2)C(C)C1. The Bertz CT molecular complexity index is 708. The van der Waals surface area contributed by atoms with Crippen LogP contribution in [0.4, 0.5) is 0 Å². The Labute approximate surface area is 156 Å². The van der Waals surface area contributed by atoms with Gasteiger partial charge in [-0.2, -0.15) is 0 Å². The maximum absolute atomic E-state index is 4.50. The van der Waals surface area contributed by atoms with Crippen molar-refractivity contribution in [3.05, 3.63) is 48.0 Å². The number of rotatable bonds is 5. The number of nitrogens with zero attached hydrogens (tertiary/aromatic N) is 5. The van der Waals surface area contributed by atoms with E-state index in [2.05, 4.69) is 74.2 Å². The number of aromatic nitrogens is 3. The zero-order valence-corrected chi connectivity index (χ0v) is 16.1. The lowest BCUT2D eigenvalue weighted by Crippen LogP contribution is -2.48. The highest BCUT2D eigenvalue weighted by Crippen LogP contribution is 2.32. The Kier molecular flexibility index (Phi) is 6.26. The monoisotopic (exact) mass is 354 g/mol. The Hall–Kier alpha value is -2.37. The predicted octanol–water partition coefficient (Wildman–Crippen LogP) is 2.54. The van der Waals surface area contributed by atoms with E-state index < -0.39 is 0 Å². The van der Waals surface area contributed by atoms with Gasteiger partial charge >= 0.3 is 0 Å². The van der Waals surface area contributed by atoms with Gasteiger partial charge in [-0.1, -0.05) is 44.2 Å². The van der Waals surface area contributed by atoms with Crippen molar-refractivity contribution in [1.29, 1.82) is 0 Å². The summed E-state index contributed by atoms with van der Waals surface area (Å²) in [5.74, 6) is 3.26. The molecule has 0 saturated carbocycles. The fourth-order valence-electron chi connectivity index (χ4n) is 3.89. The van der Waals surface area contributed by atoms with Crippen LogP contribution in [0.25, 0.3) is 0 Å². The number of hydrogen-bond acceptors (Lipinski definition) is 3. The molecule has 0 radical (unpaired) electrons. The molecule has 2 unspecified atom stereocenters. The molecule has 1 aliphatic heterocycles. The molecule has 2 aromatic rings. The van der Waals surface area contributed by atoms with Crippen LogP contribution in [-0.4, -0.2) is 52.3 Å². The van der Waals surface area contributed by atoms with Gasteiger partial charge in [0, 0.05) is 39.6 Å². The second-order valence-electron chi connectivity index (χ2n) is 7.00. The van der Waals surface area contributed by atoms with Crippen molar-refractivity contribution in [2.45, 2.75) is 39.2 Å². The van der Waals surface area contributed by atoms with Gasteiger partial charge in [0.2, 0.25) is 0 Å². The number of nitrogens with one attached hydrogen (secondary N) is 1. The molecular weight excluding hydrogens is 324 g/mol. The summed E-state index contributed by atoms with van der Waals surface area (Å²) in [6.07, 6.45) is 3.87. The first-order valence-corrected chi connectivity index (χ1v) is 9.60. The van der Waals surface area contributed by atoms with E-state index >= 15 is 0 Å². The standard InChI is InChI=1S/C20H30N6/c1-4-19-24-23-15-26(19)13-11-22-20(21-3)25-12-10-18(16(2)14-25)17-8-6-5-7-9-17/h5-9,15-16,18H,4,10-14H2,1-3H3,(H,21,22). The molecule has 1 N–H and O–H groups in total. The average Bonchev–Trinajstić information content (AvgIpc) is 3.13. The number of aliphatic imine (C=N–C) groups is 1. The van der Waals surface area contributed by atoms with Crippen molar-refractivity contribution in [2.75, 3.05) is 26.7 Å². The second kappa shape index (κ2) is 8.83. The topological polar surface area (TPSA) is 58.3 Å². The number of guanidine groups is 1. The molecule has 1 fully saturated rings. The minimum Gasteiger partial charge on any atom is -0.354 e. The van der Waals surface area contributed by atoms with Crippen molar-refractivity contribution in [1.82, 2.24) is 25.0 Å². The van der Waals surface area contributed by atoms with Crippen LogP contribution in [0.2, 0.25) is 0 Å². The zero-order chi connectivity index (χ0) is 18.4. The average molecular weight is 355 g/mol. The molecule has 0 aliphatic carbocycles. The van der Waals surface area contributed by atoms with E-state index in [1.165, 1.54) is 5.56 Å². The normalized spacial score (nSPS) is 21.0. The van der Waals surface area contributed by atoms with Crippen molar-refractivity contribution in [3.63, 3.8) is 0 Å². The molecule has 0 spiro atoms. The lowest BCUT2D eigenvalue weighted by Gasteiger charge is -2.39. The van der Waals surface area contributed by atoms with E-state index in [1.807, 2.05) is 7.05 Å². The lowest BCUT2D eigenvalue weighted by molar-refractivity contribution is 0.234. The summed E-state index contributed by atoms with van der Waals surface area (Å²) in [7, 11) is 1.87. The number of benzene rings is 1. The molecule has 1 aromatic heterocycles. The lowest BCUT2D eigenvalue weighted by atomic mass is 9.82. The molecule has 0 amide bonds. The fraction of sp³-hybridized carbons (Fsp3) is 0.550. The third kappa shape index (κ3) is 4.23. The highest BCUT2D eigenvalue weighted by molar-refractivity contribution is 5.80. The number of piperidine rings is 1. The first kappa shape index (κ1) is 18.4. The molecule has 1 aliphatic rings. The van der Waals surface area contributed by atoms with Gasteiger partial charge in [-0.05, 0) is 23.8 Å². The van der Waals surface area contributed by atoms with Gasteiger partial charge in [-0.3, -0.25) is 4.99 Å². The largest absolute Gasteiger partial charge is 0.354 e. The predicted molar refractivity (Wildman–Crippen MR) is 105 cm³/mol. The van der Waals surface area contributed by atoms with Crippen LogP contribution in [0, 0.1) is 5.92 Å². The molecule has 2 heterocycles. The molecular formula is C20H30N6. The van der Waals surface area contributed by atoms with Gasteiger partial charge in [-0.25, -0.2) is 0 Å². The van der Waals surface area contributed by atoms with E-state index in [1.54, 1.807) is 6.33 Å². The Morgan fingerprint density at radius 1 is 1.31 bits per heavy atom. The van der Waals surface area contributed by atoms with Crippen molar-refractivity contribution < 1.29 is 0 Å². The minimum absolute atomic E-state index is 0.606. The Morgan fingerprint density at radius 3 is 2.81 bits per heavy atom. The van der Waals surface area contributed by atoms with Gasteiger partial charge in [-0.15, -0.1) is 10.2 Å². The summed E-state index contributed by atoms with van der Waals surface area (Å²) in [6.45, 7) is 8.20. The van der Waals surface area contributed by atoms with Crippen molar-refractivity contribution >= 4 is 5.96 Å². The van der Waals surface area contributed by atoms with Crippen LogP contribution in [0.3, 0.4) is 0 Å². The highest BCUT2D eigenvalue weighted by atomic mass is 15.3. The smallest absolute Gasteiger partial charge is 0.193 e. The maximum atomic E-state index is 4.50. The first-order chi connectivity index (χ1) is 12.7. The molecule has 3 rings (SSSR count). The van der Waals surface area contributed by atoms with Crippen LogP contribution < -0.4 is 5.32 Å². The molecule has 2 atom stereocenters. The van der Waals surface area contributed by atoms with E-state index in [0.717, 1.165) is 50.8 Å². The highest BCUT2D eigenvalue weighted by Gasteiger charge is 2.28. The molecule has 1 saturated heterocycles. The van der Waals surface area contributed by atoms with Gasteiger partial charge in [0.1, 0.15) is 12.2 Å². The second-order valence-corrected chi connectivity index (χ2v) is 7.00. The van der Waals surface area contributed by atoms with Crippen molar-refractivity contribution in [2.24, 2.45) is 10.9 Å². The van der Waals surface area contributed by atoms with Gasteiger partial charge < -0.3 is 14.8 Å². The molecule has 26 heavy (non-hydrogen) atoms.